The van der Waals surface area contributed by atoms with Crippen LogP contribution in [0.2, 0.25) is 0 Å². The van der Waals surface area contributed by atoms with Gasteiger partial charge < -0.3 is 15.1 Å². The summed E-state index contributed by atoms with van der Waals surface area (Å²) in [5.74, 6) is 0.587. The van der Waals surface area contributed by atoms with E-state index in [4.69, 9.17) is 4.42 Å². The smallest absolute Gasteiger partial charge is 0.315 e. The SMILES string of the molecule is CNC(C)c1nnc(NCCc2cscn2)o1. The van der Waals surface area contributed by atoms with Crippen LogP contribution in [-0.4, -0.2) is 28.8 Å². The third-order valence-electron chi connectivity index (χ3n) is 2.38. The number of nitrogens with zero attached hydrogens (tertiary/aromatic N) is 3. The van der Waals surface area contributed by atoms with Gasteiger partial charge in [0.05, 0.1) is 17.2 Å². The quantitative estimate of drug-likeness (QED) is 0.811. The van der Waals surface area contributed by atoms with Crippen molar-refractivity contribution < 1.29 is 4.42 Å². The summed E-state index contributed by atoms with van der Waals surface area (Å²) in [6, 6.07) is 0.522. The second-order valence-electron chi connectivity index (χ2n) is 3.61. The van der Waals surface area contributed by atoms with E-state index in [1.54, 1.807) is 11.3 Å². The van der Waals surface area contributed by atoms with Gasteiger partial charge in [-0.05, 0) is 14.0 Å². The fourth-order valence-electron chi connectivity index (χ4n) is 1.26. The van der Waals surface area contributed by atoms with E-state index in [9.17, 15) is 0 Å². The van der Waals surface area contributed by atoms with Gasteiger partial charge in [-0.1, -0.05) is 5.10 Å². The molecular formula is C10H15N5OS. The highest BCUT2D eigenvalue weighted by Gasteiger charge is 2.11. The molecular weight excluding hydrogens is 238 g/mol. The maximum absolute atomic E-state index is 5.44. The Balaban J connectivity index is 1.81. The Morgan fingerprint density at radius 1 is 1.47 bits per heavy atom. The first kappa shape index (κ1) is 12.0. The van der Waals surface area contributed by atoms with Gasteiger partial charge in [-0.2, -0.15) is 0 Å². The second-order valence-corrected chi connectivity index (χ2v) is 4.33. The fourth-order valence-corrected chi connectivity index (χ4v) is 1.86. The molecule has 2 N–H and O–H groups in total. The van der Waals surface area contributed by atoms with Crippen LogP contribution in [0.4, 0.5) is 6.01 Å². The average Bonchev–Trinajstić information content (AvgIpc) is 2.99. The summed E-state index contributed by atoms with van der Waals surface area (Å²) < 4.78 is 5.44. The minimum Gasteiger partial charge on any atom is -0.406 e. The van der Waals surface area contributed by atoms with Gasteiger partial charge in [0, 0.05) is 18.3 Å². The average molecular weight is 253 g/mol. The number of nitrogens with one attached hydrogen (secondary N) is 2. The summed E-state index contributed by atoms with van der Waals surface area (Å²) in [6.07, 6.45) is 0.850. The van der Waals surface area contributed by atoms with Crippen molar-refractivity contribution in [3.63, 3.8) is 0 Å². The maximum Gasteiger partial charge on any atom is 0.315 e. The molecule has 92 valence electrons. The van der Waals surface area contributed by atoms with Crippen LogP contribution in [0.1, 0.15) is 24.6 Å². The van der Waals surface area contributed by atoms with Gasteiger partial charge in [0.25, 0.3) is 0 Å². The number of hydrogen-bond acceptors (Lipinski definition) is 7. The van der Waals surface area contributed by atoms with Crippen molar-refractivity contribution in [3.8, 4) is 0 Å². The number of thiazole rings is 1. The first-order valence-electron chi connectivity index (χ1n) is 5.41. The van der Waals surface area contributed by atoms with Crippen molar-refractivity contribution in [2.45, 2.75) is 19.4 Å². The van der Waals surface area contributed by atoms with Crippen molar-refractivity contribution in [2.24, 2.45) is 0 Å². The van der Waals surface area contributed by atoms with E-state index in [-0.39, 0.29) is 6.04 Å². The molecule has 2 rings (SSSR count). The first-order chi connectivity index (χ1) is 8.29. The fraction of sp³-hybridized carbons (Fsp3) is 0.500. The minimum absolute atomic E-state index is 0.0663. The molecule has 0 aliphatic carbocycles. The topological polar surface area (TPSA) is 75.9 Å². The van der Waals surface area contributed by atoms with Crippen LogP contribution in [0.3, 0.4) is 0 Å². The number of hydrogen-bond donors (Lipinski definition) is 2. The minimum atomic E-state index is 0.0663. The van der Waals surface area contributed by atoms with E-state index in [2.05, 4.69) is 25.8 Å². The van der Waals surface area contributed by atoms with Crippen molar-refractivity contribution in [3.05, 3.63) is 22.5 Å². The lowest BCUT2D eigenvalue weighted by molar-refractivity contribution is 0.441. The highest BCUT2D eigenvalue weighted by atomic mass is 32.1. The zero-order valence-electron chi connectivity index (χ0n) is 9.80. The molecule has 0 saturated heterocycles. The molecule has 2 heterocycles. The Labute approximate surface area is 103 Å². The molecule has 17 heavy (non-hydrogen) atoms. The highest BCUT2D eigenvalue weighted by Crippen LogP contribution is 2.12. The third-order valence-corrected chi connectivity index (χ3v) is 3.02. The van der Waals surface area contributed by atoms with Crippen LogP contribution >= 0.6 is 11.3 Å². The van der Waals surface area contributed by atoms with Gasteiger partial charge in [-0.15, -0.1) is 16.4 Å². The lowest BCUT2D eigenvalue weighted by Gasteiger charge is -2.02. The molecule has 0 saturated carbocycles. The largest absolute Gasteiger partial charge is 0.406 e. The van der Waals surface area contributed by atoms with E-state index in [1.165, 1.54) is 0 Å². The van der Waals surface area contributed by atoms with Gasteiger partial charge in [0.2, 0.25) is 5.89 Å². The molecule has 0 amide bonds. The van der Waals surface area contributed by atoms with Crippen LogP contribution in [0, 0.1) is 0 Å². The molecule has 0 fully saturated rings. The van der Waals surface area contributed by atoms with Gasteiger partial charge in [-0.25, -0.2) is 4.98 Å². The molecule has 2 aromatic heterocycles. The van der Waals surface area contributed by atoms with Crippen molar-refractivity contribution in [1.29, 1.82) is 0 Å². The summed E-state index contributed by atoms with van der Waals surface area (Å²) >= 11 is 1.60. The van der Waals surface area contributed by atoms with E-state index in [0.29, 0.717) is 11.9 Å². The van der Waals surface area contributed by atoms with Crippen LogP contribution < -0.4 is 10.6 Å². The van der Waals surface area contributed by atoms with E-state index >= 15 is 0 Å². The van der Waals surface area contributed by atoms with Crippen molar-refractivity contribution in [1.82, 2.24) is 20.5 Å². The summed E-state index contributed by atoms with van der Waals surface area (Å²) in [4.78, 5) is 4.20. The van der Waals surface area contributed by atoms with Crippen molar-refractivity contribution >= 4 is 17.4 Å². The highest BCUT2D eigenvalue weighted by molar-refractivity contribution is 7.07. The predicted octanol–water partition coefficient (Wildman–Crippen LogP) is 1.46. The Bertz CT molecular complexity index is 441. The van der Waals surface area contributed by atoms with Crippen molar-refractivity contribution in [2.75, 3.05) is 18.9 Å². The molecule has 0 bridgehead atoms. The standard InChI is InChI=1S/C10H15N5OS/c1-7(11-2)9-14-15-10(16-9)12-4-3-8-5-17-6-13-8/h5-7,11H,3-4H2,1-2H3,(H,12,15). The Morgan fingerprint density at radius 2 is 2.35 bits per heavy atom. The molecule has 0 radical (unpaired) electrons. The predicted molar refractivity (Wildman–Crippen MR) is 66.1 cm³/mol. The number of aromatic nitrogens is 3. The molecule has 0 aliphatic rings. The summed E-state index contributed by atoms with van der Waals surface area (Å²) in [7, 11) is 1.85. The Kier molecular flexibility index (Phi) is 4.05. The van der Waals surface area contributed by atoms with Crippen LogP contribution in [-0.2, 0) is 6.42 Å². The molecule has 7 heteroatoms. The van der Waals surface area contributed by atoms with Gasteiger partial charge >= 0.3 is 6.01 Å². The Morgan fingerprint density at radius 3 is 3.06 bits per heavy atom. The molecule has 6 nitrogen and oxygen atoms in total. The molecule has 0 spiro atoms. The van der Waals surface area contributed by atoms with E-state index in [0.717, 1.165) is 18.7 Å². The molecule has 0 aromatic carbocycles. The molecule has 0 aliphatic heterocycles. The first-order valence-corrected chi connectivity index (χ1v) is 6.35. The number of rotatable bonds is 6. The third kappa shape index (κ3) is 3.24. The lowest BCUT2D eigenvalue weighted by Crippen LogP contribution is -2.12. The van der Waals surface area contributed by atoms with E-state index in [1.807, 2.05) is 24.9 Å². The summed E-state index contributed by atoms with van der Waals surface area (Å²) in [6.45, 7) is 2.70. The lowest BCUT2D eigenvalue weighted by atomic mass is 10.3. The van der Waals surface area contributed by atoms with Crippen LogP contribution in [0.5, 0.6) is 0 Å². The maximum atomic E-state index is 5.44. The van der Waals surface area contributed by atoms with Crippen LogP contribution in [0.15, 0.2) is 15.3 Å². The Hall–Kier alpha value is -1.47. The monoisotopic (exact) mass is 253 g/mol. The van der Waals surface area contributed by atoms with Crippen LogP contribution in [0.25, 0.3) is 0 Å². The van der Waals surface area contributed by atoms with E-state index < -0.39 is 0 Å². The zero-order chi connectivity index (χ0) is 12.1. The molecule has 1 unspecified atom stereocenters. The van der Waals surface area contributed by atoms with Gasteiger partial charge in [0.1, 0.15) is 0 Å². The zero-order valence-corrected chi connectivity index (χ0v) is 10.6. The normalized spacial score (nSPS) is 12.6. The van der Waals surface area contributed by atoms with Gasteiger partial charge in [-0.3, -0.25) is 0 Å². The second kappa shape index (κ2) is 5.74. The number of anilines is 1. The summed E-state index contributed by atoms with van der Waals surface area (Å²) in [5, 5.41) is 16.0. The molecule has 1 atom stereocenters. The van der Waals surface area contributed by atoms with Gasteiger partial charge in [0.15, 0.2) is 0 Å². The summed E-state index contributed by atoms with van der Waals surface area (Å²) in [5.41, 5.74) is 2.90. The molecule has 2 aromatic rings.